The first-order chi connectivity index (χ1) is 8.70. The second-order valence-corrected chi connectivity index (χ2v) is 4.36. The topological polar surface area (TPSA) is 29.5 Å². The lowest BCUT2D eigenvalue weighted by Gasteiger charge is -2.17. The number of hydrogen-bond acceptors (Lipinski definition) is 2. The van der Waals surface area contributed by atoms with Gasteiger partial charge in [-0.05, 0) is 22.4 Å². The Labute approximate surface area is 107 Å². The van der Waals surface area contributed by atoms with Crippen LogP contribution < -0.4 is 0 Å². The van der Waals surface area contributed by atoms with Crippen molar-refractivity contribution in [2.75, 3.05) is 20.8 Å². The number of carbonyl (C=O) groups is 1. The Morgan fingerprint density at radius 2 is 1.89 bits per heavy atom. The molecule has 3 heteroatoms. The number of ether oxygens (including phenoxy) is 1. The van der Waals surface area contributed by atoms with Crippen LogP contribution in [0.3, 0.4) is 0 Å². The van der Waals surface area contributed by atoms with Gasteiger partial charge in [0.2, 0.25) is 5.91 Å². The van der Waals surface area contributed by atoms with E-state index in [0.717, 1.165) is 5.56 Å². The average molecular weight is 243 g/mol. The van der Waals surface area contributed by atoms with E-state index in [1.165, 1.54) is 17.9 Å². The lowest BCUT2D eigenvalue weighted by atomic mass is 10.1. The van der Waals surface area contributed by atoms with Crippen LogP contribution in [0.5, 0.6) is 0 Å². The van der Waals surface area contributed by atoms with Gasteiger partial charge >= 0.3 is 0 Å². The van der Waals surface area contributed by atoms with Gasteiger partial charge in [-0.3, -0.25) is 4.79 Å². The molecule has 2 aromatic rings. The minimum Gasteiger partial charge on any atom is -0.375 e. The van der Waals surface area contributed by atoms with Crippen LogP contribution in [0, 0.1) is 0 Å². The zero-order valence-corrected chi connectivity index (χ0v) is 10.7. The number of rotatable bonds is 4. The molecule has 1 amide bonds. The highest BCUT2D eigenvalue weighted by atomic mass is 16.5. The van der Waals surface area contributed by atoms with E-state index >= 15 is 0 Å². The van der Waals surface area contributed by atoms with E-state index in [2.05, 4.69) is 30.3 Å². The molecule has 0 saturated heterocycles. The van der Waals surface area contributed by atoms with E-state index in [1.807, 2.05) is 12.1 Å². The first-order valence-electron chi connectivity index (χ1n) is 5.91. The smallest absolute Gasteiger partial charge is 0.248 e. The Balaban J connectivity index is 2.14. The summed E-state index contributed by atoms with van der Waals surface area (Å²) < 4.78 is 4.84. The van der Waals surface area contributed by atoms with Crippen molar-refractivity contribution in [3.63, 3.8) is 0 Å². The highest BCUT2D eigenvalue weighted by Crippen LogP contribution is 2.16. The summed E-state index contributed by atoms with van der Waals surface area (Å²) in [6, 6.07) is 14.5. The van der Waals surface area contributed by atoms with Crippen LogP contribution in [0.25, 0.3) is 10.8 Å². The fourth-order valence-electron chi connectivity index (χ4n) is 1.93. The van der Waals surface area contributed by atoms with Crippen LogP contribution in [0.4, 0.5) is 0 Å². The van der Waals surface area contributed by atoms with Crippen LogP contribution in [0.15, 0.2) is 42.5 Å². The van der Waals surface area contributed by atoms with Gasteiger partial charge in [0.1, 0.15) is 6.61 Å². The predicted molar refractivity (Wildman–Crippen MR) is 72.3 cm³/mol. The molecule has 2 aromatic carbocycles. The third-order valence-electron chi connectivity index (χ3n) is 2.93. The van der Waals surface area contributed by atoms with Crippen molar-refractivity contribution in [3.8, 4) is 0 Å². The Kier molecular flexibility index (Phi) is 3.95. The average Bonchev–Trinajstić information content (AvgIpc) is 2.39. The second kappa shape index (κ2) is 5.65. The van der Waals surface area contributed by atoms with Crippen LogP contribution in [-0.4, -0.2) is 31.6 Å². The number of amides is 1. The highest BCUT2D eigenvalue weighted by Gasteiger charge is 2.08. The Morgan fingerprint density at radius 3 is 2.61 bits per heavy atom. The molecule has 0 spiro atoms. The van der Waals surface area contributed by atoms with Crippen molar-refractivity contribution in [1.82, 2.24) is 4.90 Å². The van der Waals surface area contributed by atoms with E-state index < -0.39 is 0 Å². The molecule has 0 aromatic heterocycles. The van der Waals surface area contributed by atoms with Gasteiger partial charge in [0.15, 0.2) is 0 Å². The van der Waals surface area contributed by atoms with Crippen molar-refractivity contribution in [3.05, 3.63) is 48.0 Å². The van der Waals surface area contributed by atoms with Gasteiger partial charge in [0.25, 0.3) is 0 Å². The van der Waals surface area contributed by atoms with Crippen LogP contribution in [0.2, 0.25) is 0 Å². The molecule has 0 aliphatic rings. The van der Waals surface area contributed by atoms with Crippen molar-refractivity contribution >= 4 is 16.7 Å². The molecule has 0 fully saturated rings. The van der Waals surface area contributed by atoms with Crippen LogP contribution in [0.1, 0.15) is 5.56 Å². The largest absolute Gasteiger partial charge is 0.375 e. The number of nitrogens with zero attached hydrogens (tertiary/aromatic N) is 1. The fourth-order valence-corrected chi connectivity index (χ4v) is 1.93. The normalized spacial score (nSPS) is 10.6. The molecule has 0 saturated carbocycles. The minimum atomic E-state index is -0.00865. The molecule has 18 heavy (non-hydrogen) atoms. The van der Waals surface area contributed by atoms with Crippen molar-refractivity contribution in [2.45, 2.75) is 6.54 Å². The van der Waals surface area contributed by atoms with Crippen LogP contribution in [-0.2, 0) is 16.1 Å². The van der Waals surface area contributed by atoms with E-state index in [1.54, 1.807) is 11.9 Å². The van der Waals surface area contributed by atoms with E-state index in [0.29, 0.717) is 6.54 Å². The number of benzene rings is 2. The summed E-state index contributed by atoms with van der Waals surface area (Å²) >= 11 is 0. The Morgan fingerprint density at radius 1 is 1.17 bits per heavy atom. The fraction of sp³-hybridized carbons (Fsp3) is 0.267. The first-order valence-corrected chi connectivity index (χ1v) is 5.91. The van der Waals surface area contributed by atoms with Crippen molar-refractivity contribution in [1.29, 1.82) is 0 Å². The lowest BCUT2D eigenvalue weighted by Crippen LogP contribution is -2.29. The molecule has 2 rings (SSSR count). The highest BCUT2D eigenvalue weighted by molar-refractivity contribution is 5.83. The SMILES string of the molecule is COCC(=O)N(C)Cc1ccc2ccccc2c1. The molecule has 0 unspecified atom stereocenters. The molecular formula is C15H17NO2. The molecule has 94 valence electrons. The summed E-state index contributed by atoms with van der Waals surface area (Å²) in [5, 5.41) is 2.41. The van der Waals surface area contributed by atoms with Gasteiger partial charge in [0.05, 0.1) is 0 Å². The van der Waals surface area contributed by atoms with Gasteiger partial charge in [0, 0.05) is 20.7 Å². The van der Waals surface area contributed by atoms with Gasteiger partial charge in [-0.1, -0.05) is 36.4 Å². The molecule has 0 aliphatic carbocycles. The maximum Gasteiger partial charge on any atom is 0.248 e. The van der Waals surface area contributed by atoms with Gasteiger partial charge < -0.3 is 9.64 Å². The maximum absolute atomic E-state index is 11.6. The predicted octanol–water partition coefficient (Wildman–Crippen LogP) is 2.44. The molecule has 0 N–H and O–H groups in total. The van der Waals surface area contributed by atoms with Gasteiger partial charge in [-0.2, -0.15) is 0 Å². The molecular weight excluding hydrogens is 226 g/mol. The number of methoxy groups -OCH3 is 1. The van der Waals surface area contributed by atoms with Gasteiger partial charge in [-0.25, -0.2) is 0 Å². The third kappa shape index (κ3) is 2.87. The zero-order chi connectivity index (χ0) is 13.0. The summed E-state index contributed by atoms with van der Waals surface area (Å²) in [4.78, 5) is 13.3. The molecule has 0 radical (unpaired) electrons. The number of fused-ring (bicyclic) bond motifs is 1. The molecule has 0 heterocycles. The van der Waals surface area contributed by atoms with E-state index in [9.17, 15) is 4.79 Å². The maximum atomic E-state index is 11.6. The minimum absolute atomic E-state index is 0.00865. The zero-order valence-electron chi connectivity index (χ0n) is 10.7. The third-order valence-corrected chi connectivity index (χ3v) is 2.93. The first kappa shape index (κ1) is 12.6. The molecule has 0 atom stereocenters. The molecule has 0 aliphatic heterocycles. The van der Waals surface area contributed by atoms with E-state index in [4.69, 9.17) is 4.74 Å². The molecule has 3 nitrogen and oxygen atoms in total. The van der Waals surface area contributed by atoms with E-state index in [-0.39, 0.29) is 12.5 Å². The number of carbonyl (C=O) groups excluding carboxylic acids is 1. The van der Waals surface area contributed by atoms with Crippen molar-refractivity contribution in [2.24, 2.45) is 0 Å². The second-order valence-electron chi connectivity index (χ2n) is 4.36. The monoisotopic (exact) mass is 243 g/mol. The summed E-state index contributed by atoms with van der Waals surface area (Å²) in [5.41, 5.74) is 1.13. The van der Waals surface area contributed by atoms with Crippen molar-refractivity contribution < 1.29 is 9.53 Å². The number of likely N-dealkylation sites (N-methyl/N-ethyl adjacent to an activating group) is 1. The summed E-state index contributed by atoms with van der Waals surface area (Å²) in [7, 11) is 3.32. The Bertz CT molecular complexity index is 551. The van der Waals surface area contributed by atoms with Gasteiger partial charge in [-0.15, -0.1) is 0 Å². The van der Waals surface area contributed by atoms with Crippen LogP contribution >= 0.6 is 0 Å². The number of hydrogen-bond donors (Lipinski definition) is 0. The Hall–Kier alpha value is -1.87. The lowest BCUT2D eigenvalue weighted by molar-refractivity contribution is -0.134. The standard InChI is InChI=1S/C15H17NO2/c1-16(15(17)11-18-2)10-12-7-8-13-5-3-4-6-14(13)9-12/h3-9H,10-11H2,1-2H3. The summed E-state index contributed by atoms with van der Waals surface area (Å²) in [6.07, 6.45) is 0. The quantitative estimate of drug-likeness (QED) is 0.825. The summed E-state index contributed by atoms with van der Waals surface area (Å²) in [6.45, 7) is 0.733. The molecule has 0 bridgehead atoms. The summed E-state index contributed by atoms with van der Waals surface area (Å²) in [5.74, 6) is -0.00865.